The van der Waals surface area contributed by atoms with E-state index >= 15 is 0 Å². The van der Waals surface area contributed by atoms with Crippen LogP contribution in [0, 0.1) is 0 Å². The van der Waals surface area contributed by atoms with Gasteiger partial charge in [0.05, 0.1) is 20.8 Å². The van der Waals surface area contributed by atoms with Crippen molar-refractivity contribution in [3.63, 3.8) is 0 Å². The van der Waals surface area contributed by atoms with E-state index in [0.717, 1.165) is 0 Å². The summed E-state index contributed by atoms with van der Waals surface area (Å²) in [5.41, 5.74) is 6.15. The number of ether oxygens (including phenoxy) is 1. The van der Waals surface area contributed by atoms with Gasteiger partial charge in [-0.3, -0.25) is 0 Å². The van der Waals surface area contributed by atoms with Gasteiger partial charge < -0.3 is 10.5 Å². The highest BCUT2D eigenvalue weighted by Crippen LogP contribution is 2.37. The van der Waals surface area contributed by atoms with Crippen LogP contribution in [0.4, 0.5) is 5.69 Å². The Bertz CT molecular complexity index is 601. The van der Waals surface area contributed by atoms with E-state index in [1.54, 1.807) is 18.2 Å². The van der Waals surface area contributed by atoms with Crippen LogP contribution >= 0.6 is 46.4 Å². The van der Waals surface area contributed by atoms with E-state index in [0.29, 0.717) is 37.3 Å². The van der Waals surface area contributed by atoms with Crippen molar-refractivity contribution in [3.8, 4) is 11.5 Å². The highest BCUT2D eigenvalue weighted by Gasteiger charge is 2.09. The van der Waals surface area contributed by atoms with Crippen molar-refractivity contribution in [2.75, 3.05) is 5.73 Å². The van der Waals surface area contributed by atoms with Crippen LogP contribution < -0.4 is 10.5 Å². The van der Waals surface area contributed by atoms with Crippen LogP contribution in [0.1, 0.15) is 0 Å². The van der Waals surface area contributed by atoms with E-state index in [9.17, 15) is 0 Å². The molecule has 0 aromatic heterocycles. The number of anilines is 1. The molecule has 0 atom stereocenters. The van der Waals surface area contributed by atoms with Crippen LogP contribution in [0.15, 0.2) is 30.3 Å². The third-order valence-corrected chi connectivity index (χ3v) is 3.42. The van der Waals surface area contributed by atoms with Crippen molar-refractivity contribution >= 4 is 52.1 Å². The lowest BCUT2D eigenvalue weighted by Gasteiger charge is -2.11. The van der Waals surface area contributed by atoms with Gasteiger partial charge >= 0.3 is 0 Å². The average molecular weight is 323 g/mol. The summed E-state index contributed by atoms with van der Waals surface area (Å²) in [6.45, 7) is 0. The first-order valence-electron chi connectivity index (χ1n) is 4.85. The van der Waals surface area contributed by atoms with E-state index in [4.69, 9.17) is 56.9 Å². The number of hydrogen-bond acceptors (Lipinski definition) is 2. The number of halogens is 4. The lowest BCUT2D eigenvalue weighted by Crippen LogP contribution is -1.93. The molecule has 94 valence electrons. The Morgan fingerprint density at radius 2 is 1.44 bits per heavy atom. The topological polar surface area (TPSA) is 35.2 Å². The van der Waals surface area contributed by atoms with Crippen LogP contribution in [-0.4, -0.2) is 0 Å². The Morgan fingerprint density at radius 3 is 2.11 bits per heavy atom. The van der Waals surface area contributed by atoms with Gasteiger partial charge in [-0.15, -0.1) is 0 Å². The van der Waals surface area contributed by atoms with Gasteiger partial charge in [0.2, 0.25) is 0 Å². The van der Waals surface area contributed by atoms with E-state index in [1.165, 1.54) is 12.1 Å². The van der Waals surface area contributed by atoms with Gasteiger partial charge in [0.1, 0.15) is 5.75 Å². The maximum atomic E-state index is 5.99. The van der Waals surface area contributed by atoms with Gasteiger partial charge in [0.25, 0.3) is 0 Å². The molecular formula is C12H7Cl4NO. The van der Waals surface area contributed by atoms with Gasteiger partial charge in [0, 0.05) is 11.1 Å². The quantitative estimate of drug-likeness (QED) is 0.722. The number of benzene rings is 2. The number of hydrogen-bond donors (Lipinski definition) is 1. The summed E-state index contributed by atoms with van der Waals surface area (Å²) in [4.78, 5) is 0. The molecule has 18 heavy (non-hydrogen) atoms. The molecule has 0 aliphatic heterocycles. The minimum absolute atomic E-state index is 0.353. The fraction of sp³-hybridized carbons (Fsp3) is 0. The predicted molar refractivity (Wildman–Crippen MR) is 77.4 cm³/mol. The van der Waals surface area contributed by atoms with Crippen molar-refractivity contribution in [2.45, 2.75) is 0 Å². The Morgan fingerprint density at radius 1 is 0.778 bits per heavy atom. The molecule has 0 fully saturated rings. The summed E-state index contributed by atoms with van der Waals surface area (Å²) in [6.07, 6.45) is 0. The number of nitrogen functional groups attached to an aromatic ring is 1. The first kappa shape index (κ1) is 13.6. The predicted octanol–water partition coefficient (Wildman–Crippen LogP) is 5.67. The Hall–Kier alpha value is -0.800. The molecule has 0 spiro atoms. The lowest BCUT2D eigenvalue weighted by molar-refractivity contribution is 0.485. The van der Waals surface area contributed by atoms with Crippen molar-refractivity contribution in [2.24, 2.45) is 0 Å². The van der Waals surface area contributed by atoms with Gasteiger partial charge in [-0.1, -0.05) is 46.4 Å². The smallest absolute Gasteiger partial charge is 0.151 e. The van der Waals surface area contributed by atoms with Crippen molar-refractivity contribution in [1.82, 2.24) is 0 Å². The van der Waals surface area contributed by atoms with Gasteiger partial charge in [0.15, 0.2) is 5.75 Å². The first-order chi connectivity index (χ1) is 8.47. The molecule has 6 heteroatoms. The average Bonchev–Trinajstić information content (AvgIpc) is 2.29. The molecule has 0 heterocycles. The van der Waals surface area contributed by atoms with Crippen LogP contribution in [0.25, 0.3) is 0 Å². The molecule has 0 unspecified atom stereocenters. The molecule has 0 bridgehead atoms. The summed E-state index contributed by atoms with van der Waals surface area (Å²) in [5, 5.41) is 1.62. The lowest BCUT2D eigenvalue weighted by atomic mass is 10.3. The standard InChI is InChI=1S/C12H7Cl4NO/c13-6-1-2-11(9(16)3-6)18-12-5-8(15)7(14)4-10(12)17/h1-5H,17H2. The molecule has 0 saturated heterocycles. The second kappa shape index (κ2) is 5.45. The molecule has 2 nitrogen and oxygen atoms in total. The molecule has 0 aliphatic rings. The Balaban J connectivity index is 2.37. The van der Waals surface area contributed by atoms with Gasteiger partial charge in [-0.25, -0.2) is 0 Å². The molecule has 0 aliphatic carbocycles. The summed E-state index contributed by atoms with van der Waals surface area (Å²) in [7, 11) is 0. The SMILES string of the molecule is Nc1cc(Cl)c(Cl)cc1Oc1ccc(Cl)cc1Cl. The third kappa shape index (κ3) is 2.96. The first-order valence-corrected chi connectivity index (χ1v) is 6.36. The largest absolute Gasteiger partial charge is 0.454 e. The Kier molecular flexibility index (Phi) is 4.13. The highest BCUT2D eigenvalue weighted by molar-refractivity contribution is 6.42. The molecule has 0 saturated carbocycles. The van der Waals surface area contributed by atoms with E-state index in [2.05, 4.69) is 0 Å². The van der Waals surface area contributed by atoms with Crippen LogP contribution in [-0.2, 0) is 0 Å². The summed E-state index contributed by atoms with van der Waals surface area (Å²) in [6, 6.07) is 7.93. The van der Waals surface area contributed by atoms with Crippen molar-refractivity contribution in [1.29, 1.82) is 0 Å². The second-order valence-electron chi connectivity index (χ2n) is 3.48. The molecule has 2 aromatic rings. The second-order valence-corrected chi connectivity index (χ2v) is 5.14. The van der Waals surface area contributed by atoms with E-state index in [1.807, 2.05) is 0 Å². The molecule has 2 rings (SSSR count). The maximum absolute atomic E-state index is 5.99. The Labute approximate surface area is 124 Å². The zero-order valence-corrected chi connectivity index (χ0v) is 11.9. The fourth-order valence-electron chi connectivity index (χ4n) is 1.31. The summed E-state index contributed by atoms with van der Waals surface area (Å²) in [5.74, 6) is 0.819. The summed E-state index contributed by atoms with van der Waals surface area (Å²) < 4.78 is 5.57. The molecule has 2 aromatic carbocycles. The van der Waals surface area contributed by atoms with Crippen LogP contribution in [0.3, 0.4) is 0 Å². The fourth-order valence-corrected chi connectivity index (χ4v) is 2.08. The molecule has 2 N–H and O–H groups in total. The van der Waals surface area contributed by atoms with Crippen LogP contribution in [0.2, 0.25) is 20.1 Å². The highest BCUT2D eigenvalue weighted by atomic mass is 35.5. The zero-order chi connectivity index (χ0) is 13.3. The zero-order valence-electron chi connectivity index (χ0n) is 8.88. The summed E-state index contributed by atoms with van der Waals surface area (Å²) >= 11 is 23.5. The van der Waals surface area contributed by atoms with Crippen molar-refractivity contribution in [3.05, 3.63) is 50.4 Å². The van der Waals surface area contributed by atoms with Gasteiger partial charge in [-0.05, 0) is 24.3 Å². The minimum Gasteiger partial charge on any atom is -0.454 e. The maximum Gasteiger partial charge on any atom is 0.151 e. The van der Waals surface area contributed by atoms with E-state index < -0.39 is 0 Å². The molecule has 0 radical (unpaired) electrons. The monoisotopic (exact) mass is 321 g/mol. The van der Waals surface area contributed by atoms with Crippen molar-refractivity contribution < 1.29 is 4.74 Å². The van der Waals surface area contributed by atoms with Crippen LogP contribution in [0.5, 0.6) is 11.5 Å². The normalized spacial score (nSPS) is 10.4. The minimum atomic E-state index is 0.353. The van der Waals surface area contributed by atoms with E-state index in [-0.39, 0.29) is 0 Å². The molecule has 0 amide bonds. The molecular weight excluding hydrogens is 316 g/mol. The number of rotatable bonds is 2. The third-order valence-electron chi connectivity index (χ3n) is 2.17. The number of nitrogens with two attached hydrogens (primary N) is 1. The van der Waals surface area contributed by atoms with Gasteiger partial charge in [-0.2, -0.15) is 0 Å².